The molecule has 0 spiro atoms. The van der Waals surface area contributed by atoms with Gasteiger partial charge in [0.05, 0.1) is 24.4 Å². The highest BCUT2D eigenvalue weighted by atomic mass is 16.5. The minimum Gasteiger partial charge on any atom is -0.507 e. The first-order valence-corrected chi connectivity index (χ1v) is 9.75. The number of hydrogen-bond acceptors (Lipinski definition) is 5. The van der Waals surface area contributed by atoms with Crippen LogP contribution in [0.4, 0.5) is 5.82 Å². The number of ether oxygens (including phenoxy) is 1. The third-order valence-electron chi connectivity index (χ3n) is 5.49. The number of aromatic hydroxyl groups is 1. The first kappa shape index (κ1) is 18.8. The Morgan fingerprint density at radius 3 is 2.55 bits per heavy atom. The first-order valence-electron chi connectivity index (χ1n) is 9.75. The van der Waals surface area contributed by atoms with Gasteiger partial charge in [-0.05, 0) is 73.4 Å². The Morgan fingerprint density at radius 1 is 1.10 bits per heavy atom. The van der Waals surface area contributed by atoms with Crippen molar-refractivity contribution in [1.29, 1.82) is 5.26 Å². The number of benzene rings is 2. The van der Waals surface area contributed by atoms with Crippen molar-refractivity contribution in [1.82, 2.24) is 4.98 Å². The molecular formula is C24H23N3O2. The number of pyridine rings is 1. The predicted octanol–water partition coefficient (Wildman–Crippen LogP) is 4.99. The Bertz CT molecular complexity index is 1070. The highest BCUT2D eigenvalue weighted by Crippen LogP contribution is 2.36. The van der Waals surface area contributed by atoms with E-state index in [1.54, 1.807) is 25.3 Å². The van der Waals surface area contributed by atoms with Crippen molar-refractivity contribution >= 4 is 5.82 Å². The zero-order valence-electron chi connectivity index (χ0n) is 16.6. The van der Waals surface area contributed by atoms with Crippen LogP contribution in [0, 0.1) is 11.3 Å². The van der Waals surface area contributed by atoms with E-state index in [9.17, 15) is 5.11 Å². The molecule has 146 valence electrons. The van der Waals surface area contributed by atoms with Crippen LogP contribution in [0.2, 0.25) is 0 Å². The molecule has 5 heteroatoms. The van der Waals surface area contributed by atoms with Crippen LogP contribution in [-0.2, 0) is 0 Å². The number of aromatic nitrogens is 1. The van der Waals surface area contributed by atoms with Gasteiger partial charge >= 0.3 is 0 Å². The molecule has 2 heterocycles. The topological polar surface area (TPSA) is 69.4 Å². The molecule has 29 heavy (non-hydrogen) atoms. The van der Waals surface area contributed by atoms with E-state index in [0.29, 0.717) is 28.6 Å². The Morgan fingerprint density at radius 2 is 1.90 bits per heavy atom. The van der Waals surface area contributed by atoms with Crippen molar-refractivity contribution in [2.75, 3.05) is 18.6 Å². The van der Waals surface area contributed by atoms with Crippen molar-refractivity contribution in [2.24, 2.45) is 0 Å². The lowest BCUT2D eigenvalue weighted by molar-refractivity contribution is 0.412. The summed E-state index contributed by atoms with van der Waals surface area (Å²) in [5.41, 5.74) is 3.95. The number of anilines is 1. The van der Waals surface area contributed by atoms with Gasteiger partial charge in [-0.2, -0.15) is 5.26 Å². The van der Waals surface area contributed by atoms with Gasteiger partial charge in [-0.15, -0.1) is 0 Å². The van der Waals surface area contributed by atoms with Crippen LogP contribution < -0.4 is 9.64 Å². The van der Waals surface area contributed by atoms with Gasteiger partial charge < -0.3 is 14.7 Å². The van der Waals surface area contributed by atoms with Crippen molar-refractivity contribution in [3.63, 3.8) is 0 Å². The molecule has 2 aromatic carbocycles. The Balaban J connectivity index is 1.87. The van der Waals surface area contributed by atoms with Gasteiger partial charge in [0.25, 0.3) is 0 Å². The SMILES string of the molecule is COc1ccc(O)c(-c2cc(-c3ccc(C#N)cc3)cc(N3CCCC3C)n2)c1. The normalized spacial score (nSPS) is 15.9. The van der Waals surface area contributed by atoms with E-state index >= 15 is 0 Å². The van der Waals surface area contributed by atoms with E-state index in [0.717, 1.165) is 36.3 Å². The van der Waals surface area contributed by atoms with Crippen LogP contribution >= 0.6 is 0 Å². The van der Waals surface area contributed by atoms with E-state index in [2.05, 4.69) is 24.0 Å². The lowest BCUT2D eigenvalue weighted by Crippen LogP contribution is -2.27. The zero-order chi connectivity index (χ0) is 20.4. The number of nitrogens with zero attached hydrogens (tertiary/aromatic N) is 3. The van der Waals surface area contributed by atoms with Gasteiger partial charge in [-0.1, -0.05) is 12.1 Å². The zero-order valence-corrected chi connectivity index (χ0v) is 16.6. The van der Waals surface area contributed by atoms with Crippen LogP contribution in [-0.4, -0.2) is 29.8 Å². The maximum atomic E-state index is 10.5. The molecule has 1 aliphatic heterocycles. The molecule has 1 aliphatic rings. The molecule has 5 nitrogen and oxygen atoms in total. The van der Waals surface area contributed by atoms with Gasteiger partial charge in [0.15, 0.2) is 0 Å². The molecule has 1 aromatic heterocycles. The van der Waals surface area contributed by atoms with Gasteiger partial charge in [0.2, 0.25) is 0 Å². The monoisotopic (exact) mass is 385 g/mol. The maximum Gasteiger partial charge on any atom is 0.130 e. The summed E-state index contributed by atoms with van der Waals surface area (Å²) in [4.78, 5) is 7.20. The highest BCUT2D eigenvalue weighted by Gasteiger charge is 2.23. The average Bonchev–Trinajstić information content (AvgIpc) is 3.19. The second-order valence-corrected chi connectivity index (χ2v) is 7.36. The van der Waals surface area contributed by atoms with Crippen LogP contribution in [0.5, 0.6) is 11.5 Å². The minimum atomic E-state index is 0.163. The fourth-order valence-electron chi connectivity index (χ4n) is 3.83. The molecule has 1 N–H and O–H groups in total. The molecule has 1 fully saturated rings. The van der Waals surface area contributed by atoms with E-state index < -0.39 is 0 Å². The quantitative estimate of drug-likeness (QED) is 0.685. The van der Waals surface area contributed by atoms with Crippen molar-refractivity contribution < 1.29 is 9.84 Å². The number of methoxy groups -OCH3 is 1. The Kier molecular flexibility index (Phi) is 5.09. The fourth-order valence-corrected chi connectivity index (χ4v) is 3.83. The number of hydrogen-bond donors (Lipinski definition) is 1. The molecule has 3 aromatic rings. The molecule has 4 rings (SSSR count). The standard InChI is InChI=1S/C24H23N3O2/c1-16-4-3-11-27(16)24-13-19(18-7-5-17(15-25)6-8-18)12-22(26-24)21-14-20(29-2)9-10-23(21)28/h5-10,12-14,16,28H,3-4,11H2,1-2H3. The van der Waals surface area contributed by atoms with Crippen molar-refractivity contribution in [3.05, 3.63) is 60.2 Å². The Labute approximate surface area is 170 Å². The molecule has 0 bridgehead atoms. The lowest BCUT2D eigenvalue weighted by Gasteiger charge is -2.24. The summed E-state index contributed by atoms with van der Waals surface area (Å²) in [6, 6.07) is 19.3. The van der Waals surface area contributed by atoms with Gasteiger partial charge in [-0.25, -0.2) is 4.98 Å². The number of rotatable bonds is 4. The third-order valence-corrected chi connectivity index (χ3v) is 5.49. The van der Waals surface area contributed by atoms with Crippen LogP contribution in [0.15, 0.2) is 54.6 Å². The largest absolute Gasteiger partial charge is 0.507 e. The summed E-state index contributed by atoms with van der Waals surface area (Å²) < 4.78 is 5.34. The summed E-state index contributed by atoms with van der Waals surface area (Å²) >= 11 is 0. The van der Waals surface area contributed by atoms with E-state index in [1.165, 1.54) is 0 Å². The number of nitriles is 1. The molecule has 0 aliphatic carbocycles. The van der Waals surface area contributed by atoms with Gasteiger partial charge in [-0.3, -0.25) is 0 Å². The van der Waals surface area contributed by atoms with Gasteiger partial charge in [0.1, 0.15) is 17.3 Å². The van der Waals surface area contributed by atoms with Crippen LogP contribution in [0.3, 0.4) is 0 Å². The average molecular weight is 385 g/mol. The summed E-state index contributed by atoms with van der Waals surface area (Å²) in [5.74, 6) is 1.73. The van der Waals surface area contributed by atoms with Gasteiger partial charge in [0, 0.05) is 18.2 Å². The molecule has 1 unspecified atom stereocenters. The molecule has 1 saturated heterocycles. The van der Waals surface area contributed by atoms with Crippen LogP contribution in [0.25, 0.3) is 22.4 Å². The molecule has 1 atom stereocenters. The summed E-state index contributed by atoms with van der Waals surface area (Å²) in [5, 5.41) is 19.6. The molecule has 0 saturated carbocycles. The summed E-state index contributed by atoms with van der Waals surface area (Å²) in [6.07, 6.45) is 2.28. The van der Waals surface area contributed by atoms with E-state index in [-0.39, 0.29) is 5.75 Å². The van der Waals surface area contributed by atoms with Crippen molar-refractivity contribution in [2.45, 2.75) is 25.8 Å². The fraction of sp³-hybridized carbons (Fsp3) is 0.250. The molecule has 0 radical (unpaired) electrons. The maximum absolute atomic E-state index is 10.5. The number of phenols is 1. The minimum absolute atomic E-state index is 0.163. The number of phenolic OH excluding ortho intramolecular Hbond substituents is 1. The molecular weight excluding hydrogens is 362 g/mol. The highest BCUT2D eigenvalue weighted by molar-refractivity contribution is 5.77. The lowest BCUT2D eigenvalue weighted by atomic mass is 10.0. The second-order valence-electron chi connectivity index (χ2n) is 7.36. The first-order chi connectivity index (χ1) is 14.1. The van der Waals surface area contributed by atoms with Crippen molar-refractivity contribution in [3.8, 4) is 40.0 Å². The van der Waals surface area contributed by atoms with E-state index in [1.807, 2.05) is 30.3 Å². The smallest absolute Gasteiger partial charge is 0.130 e. The van der Waals surface area contributed by atoms with E-state index in [4.69, 9.17) is 15.0 Å². The summed E-state index contributed by atoms with van der Waals surface area (Å²) in [6.45, 7) is 3.18. The van der Waals surface area contributed by atoms with Crippen LogP contribution in [0.1, 0.15) is 25.3 Å². The summed E-state index contributed by atoms with van der Waals surface area (Å²) in [7, 11) is 1.61. The molecule has 0 amide bonds. The second kappa shape index (κ2) is 7.84. The Hall–Kier alpha value is -3.52. The predicted molar refractivity (Wildman–Crippen MR) is 114 cm³/mol. The third kappa shape index (κ3) is 3.74.